The van der Waals surface area contributed by atoms with Crippen molar-refractivity contribution in [3.8, 4) is 0 Å². The molecule has 0 aliphatic heterocycles. The Balaban J connectivity index is 2.09. The summed E-state index contributed by atoms with van der Waals surface area (Å²) in [7, 11) is 1.69. The van der Waals surface area contributed by atoms with Gasteiger partial charge in [-0.15, -0.1) is 0 Å². The summed E-state index contributed by atoms with van der Waals surface area (Å²) >= 11 is 0. The molecule has 1 amide bonds. The molecule has 1 aliphatic rings. The van der Waals surface area contributed by atoms with Crippen molar-refractivity contribution >= 4 is 11.7 Å². The number of ether oxygens (including phenoxy) is 1. The Morgan fingerprint density at radius 1 is 1.42 bits per heavy atom. The standard InChI is InChI=1S/C13H20N4O2/c1-12(2)8(7-13(12,3)19-4)17-11(18)9-10(14)16-6-5-15-9/h5-6,8H,7H2,1-4H3,(H2,14,16)(H,17,18)/t8-,13+/m0/s1. The Morgan fingerprint density at radius 2 is 2.05 bits per heavy atom. The fraction of sp³-hybridized carbons (Fsp3) is 0.615. The van der Waals surface area contributed by atoms with E-state index in [9.17, 15) is 4.79 Å². The first-order valence-corrected chi connectivity index (χ1v) is 6.24. The van der Waals surface area contributed by atoms with Gasteiger partial charge < -0.3 is 15.8 Å². The Labute approximate surface area is 112 Å². The van der Waals surface area contributed by atoms with Crippen LogP contribution in [0.2, 0.25) is 0 Å². The summed E-state index contributed by atoms with van der Waals surface area (Å²) in [6, 6.07) is 0.0337. The number of carbonyl (C=O) groups excluding carboxylic acids is 1. The number of amides is 1. The number of rotatable bonds is 3. The maximum absolute atomic E-state index is 12.1. The van der Waals surface area contributed by atoms with Crippen molar-refractivity contribution in [1.29, 1.82) is 0 Å². The van der Waals surface area contributed by atoms with Crippen molar-refractivity contribution in [3.63, 3.8) is 0 Å². The predicted molar refractivity (Wildman–Crippen MR) is 71.5 cm³/mol. The zero-order chi connectivity index (χ0) is 14.3. The molecule has 2 atom stereocenters. The molecule has 0 radical (unpaired) electrons. The van der Waals surface area contributed by atoms with Gasteiger partial charge in [0.2, 0.25) is 0 Å². The first-order valence-electron chi connectivity index (χ1n) is 6.24. The third kappa shape index (κ3) is 2.06. The number of anilines is 1. The lowest BCUT2D eigenvalue weighted by atomic mass is 9.56. The number of nitrogens with zero attached hydrogens (tertiary/aromatic N) is 2. The van der Waals surface area contributed by atoms with E-state index in [0.29, 0.717) is 0 Å². The van der Waals surface area contributed by atoms with Crippen LogP contribution in [0.25, 0.3) is 0 Å². The average molecular weight is 264 g/mol. The number of hydrogen-bond donors (Lipinski definition) is 2. The van der Waals surface area contributed by atoms with Crippen LogP contribution in [-0.4, -0.2) is 34.6 Å². The molecule has 3 N–H and O–H groups in total. The molecule has 2 rings (SSSR count). The number of nitrogen functional groups attached to an aromatic ring is 1. The van der Waals surface area contributed by atoms with E-state index in [2.05, 4.69) is 29.1 Å². The van der Waals surface area contributed by atoms with Crippen molar-refractivity contribution < 1.29 is 9.53 Å². The van der Waals surface area contributed by atoms with Gasteiger partial charge in [-0.25, -0.2) is 9.97 Å². The van der Waals surface area contributed by atoms with Gasteiger partial charge in [-0.3, -0.25) is 4.79 Å². The Hall–Kier alpha value is -1.69. The minimum Gasteiger partial charge on any atom is -0.382 e. The monoisotopic (exact) mass is 264 g/mol. The number of carbonyl (C=O) groups is 1. The van der Waals surface area contributed by atoms with Crippen LogP contribution in [0.5, 0.6) is 0 Å². The van der Waals surface area contributed by atoms with E-state index in [4.69, 9.17) is 10.5 Å². The predicted octanol–water partition coefficient (Wildman–Crippen LogP) is 0.992. The fourth-order valence-electron chi connectivity index (χ4n) is 2.47. The average Bonchev–Trinajstić information content (AvgIpc) is 2.38. The van der Waals surface area contributed by atoms with E-state index in [1.807, 2.05) is 6.92 Å². The molecule has 1 aliphatic carbocycles. The Morgan fingerprint density at radius 3 is 2.58 bits per heavy atom. The number of aromatic nitrogens is 2. The Bertz CT molecular complexity index is 503. The number of nitrogens with two attached hydrogens (primary N) is 1. The van der Waals surface area contributed by atoms with Crippen molar-refractivity contribution in [2.45, 2.75) is 38.8 Å². The van der Waals surface area contributed by atoms with Gasteiger partial charge in [0, 0.05) is 31.0 Å². The SMILES string of the molecule is CO[C@]1(C)C[C@H](NC(=O)c2nccnc2N)C1(C)C. The van der Waals surface area contributed by atoms with E-state index in [1.54, 1.807) is 7.11 Å². The van der Waals surface area contributed by atoms with Gasteiger partial charge in [-0.05, 0) is 13.3 Å². The molecule has 19 heavy (non-hydrogen) atoms. The molecule has 1 fully saturated rings. The highest BCUT2D eigenvalue weighted by atomic mass is 16.5. The molecule has 0 bridgehead atoms. The van der Waals surface area contributed by atoms with E-state index in [-0.39, 0.29) is 34.5 Å². The molecule has 1 aromatic rings. The van der Waals surface area contributed by atoms with Gasteiger partial charge in [0.15, 0.2) is 11.5 Å². The third-order valence-corrected chi connectivity index (χ3v) is 4.53. The molecule has 1 heterocycles. The van der Waals surface area contributed by atoms with Gasteiger partial charge >= 0.3 is 0 Å². The summed E-state index contributed by atoms with van der Waals surface area (Å²) in [5.74, 6) is -0.145. The molecular weight excluding hydrogens is 244 g/mol. The largest absolute Gasteiger partial charge is 0.382 e. The quantitative estimate of drug-likeness (QED) is 0.849. The normalized spacial score (nSPS) is 28.5. The minimum absolute atomic E-state index is 0.0337. The summed E-state index contributed by atoms with van der Waals surface area (Å²) < 4.78 is 5.53. The lowest BCUT2D eigenvalue weighted by molar-refractivity contribution is -0.177. The van der Waals surface area contributed by atoms with E-state index in [0.717, 1.165) is 6.42 Å². The van der Waals surface area contributed by atoms with Crippen LogP contribution in [0.15, 0.2) is 12.4 Å². The molecule has 0 aromatic carbocycles. The van der Waals surface area contributed by atoms with Crippen molar-refractivity contribution in [1.82, 2.24) is 15.3 Å². The second-order valence-electron chi connectivity index (χ2n) is 5.68. The zero-order valence-corrected chi connectivity index (χ0v) is 11.7. The highest BCUT2D eigenvalue weighted by molar-refractivity contribution is 5.96. The van der Waals surface area contributed by atoms with Gasteiger partial charge in [-0.1, -0.05) is 13.8 Å². The lowest BCUT2D eigenvalue weighted by Gasteiger charge is -2.59. The molecule has 6 heteroatoms. The van der Waals surface area contributed by atoms with Crippen LogP contribution < -0.4 is 11.1 Å². The highest BCUT2D eigenvalue weighted by Gasteiger charge is 2.58. The zero-order valence-electron chi connectivity index (χ0n) is 11.7. The lowest BCUT2D eigenvalue weighted by Crippen LogP contribution is -2.68. The van der Waals surface area contributed by atoms with Crippen LogP contribution in [-0.2, 0) is 4.74 Å². The number of nitrogens with one attached hydrogen (secondary N) is 1. The molecule has 1 aromatic heterocycles. The van der Waals surface area contributed by atoms with Crippen LogP contribution in [0.4, 0.5) is 5.82 Å². The topological polar surface area (TPSA) is 90.1 Å². The fourth-order valence-corrected chi connectivity index (χ4v) is 2.47. The molecule has 0 unspecified atom stereocenters. The summed E-state index contributed by atoms with van der Waals surface area (Å²) in [6.07, 6.45) is 3.68. The first kappa shape index (κ1) is 13.7. The van der Waals surface area contributed by atoms with Crippen molar-refractivity contribution in [2.24, 2.45) is 5.41 Å². The molecule has 104 valence electrons. The molecule has 0 spiro atoms. The van der Waals surface area contributed by atoms with Gasteiger partial charge in [0.1, 0.15) is 0 Å². The molecule has 0 saturated heterocycles. The van der Waals surface area contributed by atoms with Crippen LogP contribution in [0, 0.1) is 5.41 Å². The second kappa shape index (κ2) is 4.45. The van der Waals surface area contributed by atoms with E-state index in [1.165, 1.54) is 12.4 Å². The van der Waals surface area contributed by atoms with Gasteiger partial charge in [0.25, 0.3) is 5.91 Å². The first-order chi connectivity index (χ1) is 8.82. The number of hydrogen-bond acceptors (Lipinski definition) is 5. The highest BCUT2D eigenvalue weighted by Crippen LogP contribution is 2.51. The van der Waals surface area contributed by atoms with Crippen LogP contribution >= 0.6 is 0 Å². The Kier molecular flexibility index (Phi) is 3.22. The summed E-state index contributed by atoms with van der Waals surface area (Å²) in [5, 5.41) is 2.95. The maximum atomic E-state index is 12.1. The van der Waals surface area contributed by atoms with E-state index < -0.39 is 0 Å². The summed E-state index contributed by atoms with van der Waals surface area (Å²) in [5.41, 5.74) is 5.45. The van der Waals surface area contributed by atoms with Crippen LogP contribution in [0.1, 0.15) is 37.7 Å². The smallest absolute Gasteiger partial charge is 0.273 e. The second-order valence-corrected chi connectivity index (χ2v) is 5.68. The van der Waals surface area contributed by atoms with Crippen LogP contribution in [0.3, 0.4) is 0 Å². The molecule has 6 nitrogen and oxygen atoms in total. The van der Waals surface area contributed by atoms with Gasteiger partial charge in [0.05, 0.1) is 5.60 Å². The summed E-state index contributed by atoms with van der Waals surface area (Å²) in [4.78, 5) is 19.9. The third-order valence-electron chi connectivity index (χ3n) is 4.53. The molecular formula is C13H20N4O2. The maximum Gasteiger partial charge on any atom is 0.273 e. The number of methoxy groups -OCH3 is 1. The molecule has 1 saturated carbocycles. The summed E-state index contributed by atoms with van der Waals surface area (Å²) in [6.45, 7) is 6.20. The van der Waals surface area contributed by atoms with E-state index >= 15 is 0 Å². The minimum atomic E-state index is -0.290. The van der Waals surface area contributed by atoms with Crippen molar-refractivity contribution in [2.75, 3.05) is 12.8 Å². The van der Waals surface area contributed by atoms with Crippen molar-refractivity contribution in [3.05, 3.63) is 18.1 Å². The van der Waals surface area contributed by atoms with Gasteiger partial charge in [-0.2, -0.15) is 0 Å².